The highest BCUT2D eigenvalue weighted by molar-refractivity contribution is 9.10. The summed E-state index contributed by atoms with van der Waals surface area (Å²) in [5.41, 5.74) is 2.45. The number of anilines is 1. The summed E-state index contributed by atoms with van der Waals surface area (Å²) in [6.45, 7) is 0. The summed E-state index contributed by atoms with van der Waals surface area (Å²) in [6, 6.07) is 24.2. The zero-order valence-corrected chi connectivity index (χ0v) is 15.8. The van der Waals surface area contributed by atoms with E-state index in [4.69, 9.17) is 0 Å². The summed E-state index contributed by atoms with van der Waals surface area (Å²) in [4.78, 5) is 28.6. The Kier molecular flexibility index (Phi) is 4.60. The van der Waals surface area contributed by atoms with Crippen LogP contribution in [0.1, 0.15) is 10.4 Å². The molecule has 0 bridgehead atoms. The van der Waals surface area contributed by atoms with Crippen LogP contribution in [0.5, 0.6) is 0 Å². The standard InChI is InChI=1S/C22H15BrN2O2/c23-15-10-12-16(13-11-15)24-21(26)20-19(14-6-2-1-3-7-14)17-8-4-5-9-18(17)25-22(20)27/h1-13H,(H,24,26)(H,25,27). The molecule has 4 nitrogen and oxygen atoms in total. The molecule has 1 heterocycles. The van der Waals surface area contributed by atoms with Crippen molar-refractivity contribution in [3.63, 3.8) is 0 Å². The fourth-order valence-electron chi connectivity index (χ4n) is 3.09. The summed E-state index contributed by atoms with van der Waals surface area (Å²) in [5.74, 6) is -0.442. The zero-order valence-electron chi connectivity index (χ0n) is 14.2. The molecular formula is C22H15BrN2O2. The highest BCUT2D eigenvalue weighted by Crippen LogP contribution is 2.29. The maximum Gasteiger partial charge on any atom is 0.261 e. The molecule has 1 amide bonds. The minimum absolute atomic E-state index is 0.0998. The van der Waals surface area contributed by atoms with Gasteiger partial charge in [-0.15, -0.1) is 0 Å². The number of hydrogen-bond acceptors (Lipinski definition) is 2. The summed E-state index contributed by atoms with van der Waals surface area (Å²) in [5, 5.41) is 3.64. The van der Waals surface area contributed by atoms with E-state index >= 15 is 0 Å². The number of H-pyrrole nitrogens is 1. The second kappa shape index (κ2) is 7.21. The molecule has 4 aromatic rings. The van der Waals surface area contributed by atoms with Crippen LogP contribution in [0.3, 0.4) is 0 Å². The lowest BCUT2D eigenvalue weighted by atomic mass is 9.95. The van der Waals surface area contributed by atoms with Crippen LogP contribution in [-0.4, -0.2) is 10.9 Å². The number of rotatable bonds is 3. The van der Waals surface area contributed by atoms with Crippen LogP contribution in [0, 0.1) is 0 Å². The molecule has 0 spiro atoms. The normalized spacial score (nSPS) is 10.7. The van der Waals surface area contributed by atoms with E-state index in [-0.39, 0.29) is 5.56 Å². The number of carbonyl (C=O) groups is 1. The number of carbonyl (C=O) groups excluding carboxylic acids is 1. The van der Waals surface area contributed by atoms with Crippen LogP contribution >= 0.6 is 15.9 Å². The fourth-order valence-corrected chi connectivity index (χ4v) is 3.36. The Morgan fingerprint density at radius 1 is 0.852 bits per heavy atom. The molecule has 4 rings (SSSR count). The Morgan fingerprint density at radius 2 is 1.52 bits per heavy atom. The van der Waals surface area contributed by atoms with Crippen LogP contribution < -0.4 is 10.9 Å². The molecular weight excluding hydrogens is 404 g/mol. The highest BCUT2D eigenvalue weighted by Gasteiger charge is 2.20. The van der Waals surface area contributed by atoms with Gasteiger partial charge in [-0.25, -0.2) is 0 Å². The number of halogens is 1. The summed E-state index contributed by atoms with van der Waals surface area (Å²) in [6.07, 6.45) is 0. The number of nitrogens with one attached hydrogen (secondary N) is 2. The predicted octanol–water partition coefficient (Wildman–Crippen LogP) is 5.21. The monoisotopic (exact) mass is 418 g/mol. The van der Waals surface area contributed by atoms with Gasteiger partial charge in [0.2, 0.25) is 0 Å². The van der Waals surface area contributed by atoms with Crippen molar-refractivity contribution < 1.29 is 4.79 Å². The van der Waals surface area contributed by atoms with Crippen molar-refractivity contribution in [2.45, 2.75) is 0 Å². The number of hydrogen-bond donors (Lipinski definition) is 2. The van der Waals surface area contributed by atoms with Crippen molar-refractivity contribution in [3.8, 4) is 11.1 Å². The third-order valence-corrected chi connectivity index (χ3v) is 4.84. The molecule has 0 radical (unpaired) electrons. The van der Waals surface area contributed by atoms with Crippen LogP contribution in [0.4, 0.5) is 5.69 Å². The van der Waals surface area contributed by atoms with E-state index < -0.39 is 11.5 Å². The number of fused-ring (bicyclic) bond motifs is 1. The first kappa shape index (κ1) is 17.2. The van der Waals surface area contributed by atoms with Crippen molar-refractivity contribution in [3.05, 3.63) is 99.3 Å². The third-order valence-electron chi connectivity index (χ3n) is 4.31. The van der Waals surface area contributed by atoms with E-state index in [9.17, 15) is 9.59 Å². The molecule has 0 unspecified atom stereocenters. The smallest absolute Gasteiger partial charge is 0.261 e. The number of para-hydroxylation sites is 1. The average Bonchev–Trinajstić information content (AvgIpc) is 2.69. The minimum atomic E-state index is -0.442. The van der Waals surface area contributed by atoms with E-state index in [1.54, 1.807) is 12.1 Å². The van der Waals surface area contributed by atoms with Gasteiger partial charge >= 0.3 is 0 Å². The van der Waals surface area contributed by atoms with Gasteiger partial charge in [-0.3, -0.25) is 9.59 Å². The molecule has 27 heavy (non-hydrogen) atoms. The van der Waals surface area contributed by atoms with E-state index in [1.165, 1.54) is 0 Å². The number of aromatic nitrogens is 1. The molecule has 5 heteroatoms. The van der Waals surface area contributed by atoms with Crippen LogP contribution in [0.2, 0.25) is 0 Å². The molecule has 3 aromatic carbocycles. The molecule has 1 aromatic heterocycles. The molecule has 132 valence electrons. The maximum atomic E-state index is 13.0. The molecule has 0 atom stereocenters. The zero-order chi connectivity index (χ0) is 18.8. The number of amides is 1. The van der Waals surface area contributed by atoms with Crippen molar-refractivity contribution in [2.75, 3.05) is 5.32 Å². The molecule has 0 saturated heterocycles. The molecule has 0 aliphatic carbocycles. The van der Waals surface area contributed by atoms with Crippen LogP contribution in [0.25, 0.3) is 22.0 Å². The van der Waals surface area contributed by atoms with Gasteiger partial charge in [0.05, 0.1) is 0 Å². The Balaban J connectivity index is 1.91. The largest absolute Gasteiger partial charge is 0.322 e. The van der Waals surface area contributed by atoms with E-state index in [2.05, 4.69) is 26.2 Å². The van der Waals surface area contributed by atoms with Gasteiger partial charge in [-0.05, 0) is 35.9 Å². The Morgan fingerprint density at radius 3 is 2.26 bits per heavy atom. The first-order valence-electron chi connectivity index (χ1n) is 8.41. The average molecular weight is 419 g/mol. The lowest BCUT2D eigenvalue weighted by molar-refractivity contribution is 0.102. The number of pyridine rings is 1. The second-order valence-corrected chi connectivity index (χ2v) is 6.99. The van der Waals surface area contributed by atoms with Gasteiger partial charge in [-0.1, -0.05) is 64.5 Å². The molecule has 0 saturated carbocycles. The summed E-state index contributed by atoms with van der Waals surface area (Å²) in [7, 11) is 0. The van der Waals surface area contributed by atoms with Gasteiger partial charge in [-0.2, -0.15) is 0 Å². The predicted molar refractivity (Wildman–Crippen MR) is 112 cm³/mol. The SMILES string of the molecule is O=C(Nc1ccc(Br)cc1)c1c(-c2ccccc2)c2ccccc2[nH]c1=O. The highest BCUT2D eigenvalue weighted by atomic mass is 79.9. The van der Waals surface area contributed by atoms with Gasteiger partial charge in [0.1, 0.15) is 5.56 Å². The van der Waals surface area contributed by atoms with E-state index in [1.807, 2.05) is 66.7 Å². The van der Waals surface area contributed by atoms with E-state index in [0.717, 1.165) is 15.4 Å². The first-order valence-corrected chi connectivity index (χ1v) is 9.20. The van der Waals surface area contributed by atoms with Crippen LogP contribution in [0.15, 0.2) is 88.1 Å². The van der Waals surface area contributed by atoms with Gasteiger partial charge in [0.25, 0.3) is 11.5 Å². The Hall–Kier alpha value is -3.18. The molecule has 2 N–H and O–H groups in total. The lowest BCUT2D eigenvalue weighted by Crippen LogP contribution is -2.24. The summed E-state index contributed by atoms with van der Waals surface area (Å²) < 4.78 is 0.911. The van der Waals surface area contributed by atoms with Crippen molar-refractivity contribution in [2.24, 2.45) is 0 Å². The molecule has 0 aliphatic rings. The minimum Gasteiger partial charge on any atom is -0.322 e. The topological polar surface area (TPSA) is 62.0 Å². The fraction of sp³-hybridized carbons (Fsp3) is 0. The Bertz CT molecular complexity index is 1180. The van der Waals surface area contributed by atoms with E-state index in [0.29, 0.717) is 16.8 Å². The third kappa shape index (κ3) is 3.41. The molecule has 0 aliphatic heterocycles. The van der Waals surface area contributed by atoms with Crippen molar-refractivity contribution in [1.29, 1.82) is 0 Å². The molecule has 0 fully saturated rings. The number of benzene rings is 3. The van der Waals surface area contributed by atoms with Gasteiger partial charge in [0, 0.05) is 26.6 Å². The summed E-state index contributed by atoms with van der Waals surface area (Å²) >= 11 is 3.37. The van der Waals surface area contributed by atoms with Crippen LogP contribution in [-0.2, 0) is 0 Å². The van der Waals surface area contributed by atoms with Gasteiger partial charge in [0.15, 0.2) is 0 Å². The lowest BCUT2D eigenvalue weighted by Gasteiger charge is -2.13. The van der Waals surface area contributed by atoms with Gasteiger partial charge < -0.3 is 10.3 Å². The first-order chi connectivity index (χ1) is 13.1. The van der Waals surface area contributed by atoms with Crippen molar-refractivity contribution >= 4 is 38.4 Å². The second-order valence-electron chi connectivity index (χ2n) is 6.08. The number of aromatic amines is 1. The quantitative estimate of drug-likeness (QED) is 0.479. The maximum absolute atomic E-state index is 13.0. The Labute approximate surface area is 164 Å². The van der Waals surface area contributed by atoms with Crippen molar-refractivity contribution in [1.82, 2.24) is 4.98 Å².